The van der Waals surface area contributed by atoms with Gasteiger partial charge in [0.1, 0.15) is 12.7 Å². The van der Waals surface area contributed by atoms with E-state index in [1.165, 1.54) is 6.33 Å². The van der Waals surface area contributed by atoms with Gasteiger partial charge in [0.05, 0.1) is 13.2 Å². The molecule has 0 aliphatic rings. The number of nitrogens with one attached hydrogen (secondary N) is 1. The SMILES string of the molecule is C[C@@H](CO)NC(=O)CCn1cncn1. The molecule has 0 radical (unpaired) electrons. The lowest BCUT2D eigenvalue weighted by Gasteiger charge is -2.10. The molecule has 0 unspecified atom stereocenters. The highest BCUT2D eigenvalue weighted by Gasteiger charge is 2.05. The molecule has 0 bridgehead atoms. The van der Waals surface area contributed by atoms with Gasteiger partial charge in [0.25, 0.3) is 0 Å². The second kappa shape index (κ2) is 5.33. The summed E-state index contributed by atoms with van der Waals surface area (Å²) < 4.78 is 1.59. The van der Waals surface area contributed by atoms with Gasteiger partial charge in [-0.15, -0.1) is 0 Å². The summed E-state index contributed by atoms with van der Waals surface area (Å²) in [5.74, 6) is -0.0953. The third-order valence-corrected chi connectivity index (χ3v) is 1.72. The van der Waals surface area contributed by atoms with Crippen LogP contribution in [0.2, 0.25) is 0 Å². The van der Waals surface area contributed by atoms with Crippen LogP contribution in [0.1, 0.15) is 13.3 Å². The Morgan fingerprint density at radius 2 is 2.50 bits per heavy atom. The molecule has 6 heteroatoms. The van der Waals surface area contributed by atoms with Gasteiger partial charge < -0.3 is 10.4 Å². The number of carbonyl (C=O) groups excluding carboxylic acids is 1. The zero-order valence-electron chi connectivity index (χ0n) is 8.05. The Morgan fingerprint density at radius 1 is 1.71 bits per heavy atom. The number of hydrogen-bond donors (Lipinski definition) is 2. The fraction of sp³-hybridized carbons (Fsp3) is 0.625. The lowest BCUT2D eigenvalue weighted by atomic mass is 10.3. The van der Waals surface area contributed by atoms with Crippen LogP contribution in [0.4, 0.5) is 0 Å². The summed E-state index contributed by atoms with van der Waals surface area (Å²) in [6.07, 6.45) is 3.32. The van der Waals surface area contributed by atoms with Crippen LogP contribution in [0, 0.1) is 0 Å². The third kappa shape index (κ3) is 3.53. The molecular weight excluding hydrogens is 184 g/mol. The maximum Gasteiger partial charge on any atom is 0.222 e. The molecule has 0 saturated heterocycles. The Kier molecular flexibility index (Phi) is 4.06. The number of aryl methyl sites for hydroxylation is 1. The highest BCUT2D eigenvalue weighted by molar-refractivity contribution is 5.76. The zero-order chi connectivity index (χ0) is 10.4. The molecule has 1 aromatic heterocycles. The Morgan fingerprint density at radius 3 is 3.07 bits per heavy atom. The standard InChI is InChI=1S/C8H14N4O2/c1-7(4-13)11-8(14)2-3-12-6-9-5-10-12/h5-7,13H,2-4H2,1H3,(H,11,14)/t7-/m0/s1. The number of carbonyl (C=O) groups is 1. The predicted molar refractivity (Wildman–Crippen MR) is 49.3 cm³/mol. The van der Waals surface area contributed by atoms with Gasteiger partial charge in [-0.05, 0) is 6.92 Å². The number of amides is 1. The molecule has 0 aliphatic heterocycles. The van der Waals surface area contributed by atoms with Crippen LogP contribution < -0.4 is 5.32 Å². The minimum absolute atomic E-state index is 0.0466. The average molecular weight is 198 g/mol. The molecule has 78 valence electrons. The van der Waals surface area contributed by atoms with Crippen molar-refractivity contribution in [2.24, 2.45) is 0 Å². The van der Waals surface area contributed by atoms with Crippen LogP contribution in [0.15, 0.2) is 12.7 Å². The molecule has 1 atom stereocenters. The molecule has 0 fully saturated rings. The number of aliphatic hydroxyl groups excluding tert-OH is 1. The van der Waals surface area contributed by atoms with Gasteiger partial charge in [0.15, 0.2) is 0 Å². The van der Waals surface area contributed by atoms with E-state index in [2.05, 4.69) is 15.4 Å². The average Bonchev–Trinajstić information content (AvgIpc) is 2.67. The summed E-state index contributed by atoms with van der Waals surface area (Å²) in [5.41, 5.74) is 0. The van der Waals surface area contributed by atoms with Gasteiger partial charge in [0, 0.05) is 12.5 Å². The smallest absolute Gasteiger partial charge is 0.222 e. The lowest BCUT2D eigenvalue weighted by Crippen LogP contribution is -2.35. The Bertz CT molecular complexity index is 273. The fourth-order valence-electron chi connectivity index (χ4n) is 0.957. The predicted octanol–water partition coefficient (Wildman–Crippen LogP) is -0.835. The Hall–Kier alpha value is -1.43. The van der Waals surface area contributed by atoms with E-state index in [9.17, 15) is 4.79 Å². The molecule has 6 nitrogen and oxygen atoms in total. The van der Waals surface area contributed by atoms with Crippen molar-refractivity contribution in [3.8, 4) is 0 Å². The lowest BCUT2D eigenvalue weighted by molar-refractivity contribution is -0.122. The maximum absolute atomic E-state index is 11.2. The summed E-state index contributed by atoms with van der Waals surface area (Å²) in [6.45, 7) is 2.20. The normalized spacial score (nSPS) is 12.4. The van der Waals surface area contributed by atoms with Gasteiger partial charge in [-0.3, -0.25) is 9.48 Å². The van der Waals surface area contributed by atoms with Crippen LogP contribution in [-0.4, -0.2) is 38.4 Å². The van der Waals surface area contributed by atoms with E-state index < -0.39 is 0 Å². The van der Waals surface area contributed by atoms with Crippen LogP contribution >= 0.6 is 0 Å². The van der Waals surface area contributed by atoms with Crippen molar-refractivity contribution in [1.82, 2.24) is 20.1 Å². The minimum atomic E-state index is -0.196. The van der Waals surface area contributed by atoms with Crippen molar-refractivity contribution in [3.05, 3.63) is 12.7 Å². The Labute approximate surface area is 82.0 Å². The summed E-state index contributed by atoms with van der Waals surface area (Å²) in [6, 6.07) is -0.196. The van der Waals surface area contributed by atoms with E-state index in [-0.39, 0.29) is 18.6 Å². The largest absolute Gasteiger partial charge is 0.394 e. The molecule has 2 N–H and O–H groups in total. The fourth-order valence-corrected chi connectivity index (χ4v) is 0.957. The number of nitrogens with zero attached hydrogens (tertiary/aromatic N) is 3. The van der Waals surface area contributed by atoms with Crippen LogP contribution in [0.5, 0.6) is 0 Å². The second-order valence-corrected chi connectivity index (χ2v) is 3.06. The summed E-state index contributed by atoms with van der Waals surface area (Å²) in [4.78, 5) is 15.0. The number of aromatic nitrogens is 3. The van der Waals surface area contributed by atoms with Gasteiger partial charge in [0.2, 0.25) is 5.91 Å². The molecule has 1 rings (SSSR count). The van der Waals surface area contributed by atoms with E-state index in [0.29, 0.717) is 13.0 Å². The molecule has 0 aliphatic carbocycles. The monoisotopic (exact) mass is 198 g/mol. The molecule has 0 aromatic carbocycles. The molecular formula is C8H14N4O2. The van der Waals surface area contributed by atoms with Crippen molar-refractivity contribution in [1.29, 1.82) is 0 Å². The third-order valence-electron chi connectivity index (χ3n) is 1.72. The van der Waals surface area contributed by atoms with Crippen molar-refractivity contribution < 1.29 is 9.90 Å². The van der Waals surface area contributed by atoms with E-state index in [1.807, 2.05) is 0 Å². The van der Waals surface area contributed by atoms with E-state index in [4.69, 9.17) is 5.11 Å². The number of aliphatic hydroxyl groups is 1. The maximum atomic E-state index is 11.2. The minimum Gasteiger partial charge on any atom is -0.394 e. The van der Waals surface area contributed by atoms with E-state index in [0.717, 1.165) is 0 Å². The van der Waals surface area contributed by atoms with Gasteiger partial charge in [-0.1, -0.05) is 0 Å². The first-order valence-corrected chi connectivity index (χ1v) is 4.45. The van der Waals surface area contributed by atoms with Crippen LogP contribution in [0.3, 0.4) is 0 Å². The highest BCUT2D eigenvalue weighted by Crippen LogP contribution is 1.88. The van der Waals surface area contributed by atoms with Gasteiger partial charge >= 0.3 is 0 Å². The molecule has 1 amide bonds. The summed E-state index contributed by atoms with van der Waals surface area (Å²) in [5, 5.41) is 15.2. The highest BCUT2D eigenvalue weighted by atomic mass is 16.3. The molecule has 0 spiro atoms. The van der Waals surface area contributed by atoms with Crippen LogP contribution in [0.25, 0.3) is 0 Å². The molecule has 0 saturated carbocycles. The number of hydrogen-bond acceptors (Lipinski definition) is 4. The first-order valence-electron chi connectivity index (χ1n) is 4.45. The second-order valence-electron chi connectivity index (χ2n) is 3.06. The first-order chi connectivity index (χ1) is 6.72. The first kappa shape index (κ1) is 10.6. The topological polar surface area (TPSA) is 80.0 Å². The Balaban J connectivity index is 2.22. The molecule has 1 aromatic rings. The van der Waals surface area contributed by atoms with Gasteiger partial charge in [-0.25, -0.2) is 4.98 Å². The van der Waals surface area contributed by atoms with E-state index in [1.54, 1.807) is 17.9 Å². The zero-order valence-corrected chi connectivity index (χ0v) is 8.05. The van der Waals surface area contributed by atoms with Crippen molar-refractivity contribution in [2.45, 2.75) is 25.9 Å². The number of rotatable bonds is 5. The summed E-state index contributed by atoms with van der Waals surface area (Å²) in [7, 11) is 0. The van der Waals surface area contributed by atoms with Crippen molar-refractivity contribution in [2.75, 3.05) is 6.61 Å². The van der Waals surface area contributed by atoms with Crippen LogP contribution in [-0.2, 0) is 11.3 Å². The van der Waals surface area contributed by atoms with Crippen molar-refractivity contribution in [3.63, 3.8) is 0 Å². The quantitative estimate of drug-likeness (QED) is 0.647. The summed E-state index contributed by atoms with van der Waals surface area (Å²) >= 11 is 0. The van der Waals surface area contributed by atoms with Gasteiger partial charge in [-0.2, -0.15) is 5.10 Å². The molecule has 1 heterocycles. The van der Waals surface area contributed by atoms with Crippen molar-refractivity contribution >= 4 is 5.91 Å². The molecule has 14 heavy (non-hydrogen) atoms. The van der Waals surface area contributed by atoms with E-state index >= 15 is 0 Å².